The third kappa shape index (κ3) is 5.28. The molecule has 2 aromatic heterocycles. The van der Waals surface area contributed by atoms with Gasteiger partial charge in [0.25, 0.3) is 5.91 Å². The molecule has 1 amide bonds. The van der Waals surface area contributed by atoms with Gasteiger partial charge in [-0.1, -0.05) is 36.5 Å². The van der Waals surface area contributed by atoms with E-state index in [1.165, 1.54) is 11.3 Å². The fraction of sp³-hybridized carbons (Fsp3) is 0.136. The fourth-order valence-corrected chi connectivity index (χ4v) is 4.28. The number of para-hydroxylation sites is 1. The molecule has 8 heteroatoms. The maximum Gasteiger partial charge on any atom is 0.257 e. The number of ether oxygens (including phenoxy) is 1. The maximum atomic E-state index is 12.5. The van der Waals surface area contributed by atoms with Crippen LogP contribution in [-0.4, -0.2) is 15.9 Å². The van der Waals surface area contributed by atoms with Crippen molar-refractivity contribution in [1.82, 2.24) is 9.97 Å². The largest absolute Gasteiger partial charge is 0.457 e. The lowest BCUT2D eigenvalue weighted by atomic mass is 10.2. The predicted molar refractivity (Wildman–Crippen MR) is 118 cm³/mol. The number of nitrogens with one attached hydrogen (secondary N) is 1. The Morgan fingerprint density at radius 1 is 1.07 bits per heavy atom. The van der Waals surface area contributed by atoms with Crippen LogP contribution in [-0.2, 0) is 12.2 Å². The number of aryl methyl sites for hydroxylation is 1. The minimum Gasteiger partial charge on any atom is -0.457 e. The van der Waals surface area contributed by atoms with Gasteiger partial charge >= 0.3 is 0 Å². The number of thioether (sulfide) groups is 1. The van der Waals surface area contributed by atoms with Gasteiger partial charge in [-0.25, -0.2) is 9.97 Å². The van der Waals surface area contributed by atoms with Crippen molar-refractivity contribution >= 4 is 34.1 Å². The highest BCUT2D eigenvalue weighted by molar-refractivity contribution is 8.00. The number of rotatable bonds is 8. The highest BCUT2D eigenvalue weighted by atomic mass is 32.2. The van der Waals surface area contributed by atoms with Gasteiger partial charge in [-0.15, -0.1) is 11.8 Å². The summed E-state index contributed by atoms with van der Waals surface area (Å²) in [6.45, 7) is 2.03. The first-order chi connectivity index (χ1) is 14.7. The van der Waals surface area contributed by atoms with Crippen LogP contribution in [0.1, 0.15) is 28.9 Å². The number of amides is 1. The number of hydrogen-bond donors (Lipinski definition) is 1. The van der Waals surface area contributed by atoms with Gasteiger partial charge in [0.2, 0.25) is 5.89 Å². The van der Waals surface area contributed by atoms with Crippen molar-refractivity contribution in [3.8, 4) is 11.5 Å². The van der Waals surface area contributed by atoms with Crippen LogP contribution in [0.3, 0.4) is 0 Å². The monoisotopic (exact) mass is 437 g/mol. The van der Waals surface area contributed by atoms with E-state index in [1.807, 2.05) is 37.3 Å². The first kappa shape index (κ1) is 20.2. The summed E-state index contributed by atoms with van der Waals surface area (Å²) >= 11 is 2.99. The molecular weight excluding hydrogens is 418 g/mol. The molecule has 0 atom stereocenters. The second-order valence-corrected chi connectivity index (χ2v) is 8.55. The number of carbonyl (C=O) groups is 1. The molecule has 0 unspecified atom stereocenters. The van der Waals surface area contributed by atoms with Crippen molar-refractivity contribution in [3.63, 3.8) is 0 Å². The molecule has 1 N–H and O–H groups in total. The molecule has 0 fully saturated rings. The number of oxazole rings is 1. The van der Waals surface area contributed by atoms with Gasteiger partial charge in [0.05, 0.1) is 22.4 Å². The molecule has 30 heavy (non-hydrogen) atoms. The average Bonchev–Trinajstić information content (AvgIpc) is 3.42. The third-order valence-electron chi connectivity index (χ3n) is 4.09. The van der Waals surface area contributed by atoms with Gasteiger partial charge in [-0.3, -0.25) is 10.1 Å². The molecule has 0 saturated carbocycles. The summed E-state index contributed by atoms with van der Waals surface area (Å²) in [5, 5.41) is 3.38. The molecule has 0 aliphatic heterocycles. The quantitative estimate of drug-likeness (QED) is 0.339. The Kier molecular flexibility index (Phi) is 6.46. The Hall–Kier alpha value is -3.10. The predicted octanol–water partition coefficient (Wildman–Crippen LogP) is 6.03. The molecule has 0 aliphatic carbocycles. The number of anilines is 1. The lowest BCUT2D eigenvalue weighted by molar-refractivity contribution is 0.102. The molecule has 0 spiro atoms. The van der Waals surface area contributed by atoms with E-state index in [9.17, 15) is 4.79 Å². The van der Waals surface area contributed by atoms with E-state index in [0.717, 1.165) is 22.1 Å². The maximum absolute atomic E-state index is 12.5. The first-order valence-corrected chi connectivity index (χ1v) is 11.2. The number of carbonyl (C=O) groups excluding carboxylic acids is 1. The van der Waals surface area contributed by atoms with Crippen LogP contribution in [0.4, 0.5) is 5.13 Å². The molecule has 4 aromatic rings. The summed E-state index contributed by atoms with van der Waals surface area (Å²) in [6, 6.07) is 16.5. The molecule has 152 valence electrons. The van der Waals surface area contributed by atoms with Crippen molar-refractivity contribution in [3.05, 3.63) is 84.2 Å². The van der Waals surface area contributed by atoms with Crippen LogP contribution in [0.5, 0.6) is 11.5 Å². The van der Waals surface area contributed by atoms with Crippen molar-refractivity contribution in [1.29, 1.82) is 0 Å². The van der Waals surface area contributed by atoms with Crippen LogP contribution in [0.2, 0.25) is 0 Å². The zero-order valence-corrected chi connectivity index (χ0v) is 17.8. The normalized spacial score (nSPS) is 10.7. The Balaban J connectivity index is 1.31. The Morgan fingerprint density at radius 3 is 2.57 bits per heavy atom. The zero-order chi connectivity index (χ0) is 20.8. The molecule has 4 rings (SSSR count). The SMILES string of the molecule is CCc1cnc(CSc2cnc(NC(=O)c3ccc(Oc4ccccc4)cc3)s2)o1. The molecular formula is C22H19N3O3S2. The highest BCUT2D eigenvalue weighted by Gasteiger charge is 2.11. The van der Waals surface area contributed by atoms with Gasteiger partial charge in [0, 0.05) is 12.0 Å². The standard InChI is InChI=1S/C22H19N3O3S2/c1-2-16-12-23-19(28-16)14-29-20-13-24-22(30-20)25-21(26)15-8-10-18(11-9-15)27-17-6-4-3-5-7-17/h3-13H,2,14H2,1H3,(H,24,25,26). The van der Waals surface area contributed by atoms with Gasteiger partial charge in [0.1, 0.15) is 17.3 Å². The number of benzene rings is 2. The summed E-state index contributed by atoms with van der Waals surface area (Å²) in [5.41, 5.74) is 0.534. The van der Waals surface area contributed by atoms with Gasteiger partial charge in [0.15, 0.2) is 5.13 Å². The second-order valence-electron chi connectivity index (χ2n) is 6.24. The van der Waals surface area contributed by atoms with Crippen molar-refractivity contribution < 1.29 is 13.9 Å². The van der Waals surface area contributed by atoms with Crippen LogP contribution in [0, 0.1) is 0 Å². The summed E-state index contributed by atoms with van der Waals surface area (Å²) in [6.07, 6.45) is 4.32. The van der Waals surface area contributed by atoms with Crippen molar-refractivity contribution in [2.24, 2.45) is 0 Å². The van der Waals surface area contributed by atoms with Crippen LogP contribution in [0.25, 0.3) is 0 Å². The Labute approximate surface area is 182 Å². The lowest BCUT2D eigenvalue weighted by Crippen LogP contribution is -2.11. The minimum absolute atomic E-state index is 0.215. The summed E-state index contributed by atoms with van der Waals surface area (Å²) in [7, 11) is 0. The molecule has 0 aliphatic rings. The molecule has 2 heterocycles. The number of aromatic nitrogens is 2. The third-order valence-corrected chi connectivity index (χ3v) is 6.18. The van der Waals surface area contributed by atoms with Crippen molar-refractivity contribution in [2.75, 3.05) is 5.32 Å². The second kappa shape index (κ2) is 9.60. The van der Waals surface area contributed by atoms with E-state index in [2.05, 4.69) is 15.3 Å². The Bertz CT molecular complexity index is 1110. The molecule has 6 nitrogen and oxygen atoms in total. The number of thiazole rings is 1. The fourth-order valence-electron chi connectivity index (χ4n) is 2.56. The van der Waals surface area contributed by atoms with E-state index < -0.39 is 0 Å². The smallest absolute Gasteiger partial charge is 0.257 e. The summed E-state index contributed by atoms with van der Waals surface area (Å²) in [4.78, 5) is 21.0. The first-order valence-electron chi connectivity index (χ1n) is 9.36. The van der Waals surface area contributed by atoms with E-state index >= 15 is 0 Å². The van der Waals surface area contributed by atoms with Gasteiger partial charge in [-0.05, 0) is 36.4 Å². The van der Waals surface area contributed by atoms with Gasteiger partial charge < -0.3 is 9.15 Å². The zero-order valence-electron chi connectivity index (χ0n) is 16.2. The molecule has 0 saturated heterocycles. The summed E-state index contributed by atoms with van der Waals surface area (Å²) in [5.74, 6) is 3.39. The highest BCUT2D eigenvalue weighted by Crippen LogP contribution is 2.31. The van der Waals surface area contributed by atoms with Gasteiger partial charge in [-0.2, -0.15) is 0 Å². The topological polar surface area (TPSA) is 77.2 Å². The number of hydrogen-bond acceptors (Lipinski definition) is 7. The van der Waals surface area contributed by atoms with E-state index in [4.69, 9.17) is 9.15 Å². The number of nitrogens with zero attached hydrogens (tertiary/aromatic N) is 2. The van der Waals surface area contributed by atoms with E-state index in [1.54, 1.807) is 48.4 Å². The van der Waals surface area contributed by atoms with E-state index in [0.29, 0.717) is 28.1 Å². The molecule has 0 bridgehead atoms. The van der Waals surface area contributed by atoms with Crippen LogP contribution in [0.15, 0.2) is 75.6 Å². The van der Waals surface area contributed by atoms with Crippen LogP contribution >= 0.6 is 23.1 Å². The average molecular weight is 438 g/mol. The van der Waals surface area contributed by atoms with Crippen LogP contribution < -0.4 is 10.1 Å². The summed E-state index contributed by atoms with van der Waals surface area (Å²) < 4.78 is 12.3. The van der Waals surface area contributed by atoms with Crippen molar-refractivity contribution in [2.45, 2.75) is 23.3 Å². The Morgan fingerprint density at radius 2 is 1.83 bits per heavy atom. The molecule has 2 aromatic carbocycles. The van der Waals surface area contributed by atoms with E-state index in [-0.39, 0.29) is 5.91 Å². The molecule has 0 radical (unpaired) electrons. The lowest BCUT2D eigenvalue weighted by Gasteiger charge is -2.06. The minimum atomic E-state index is -0.215.